The van der Waals surface area contributed by atoms with Crippen LogP contribution in [0.1, 0.15) is 25.0 Å². The molecule has 1 aromatic heterocycles. The Balaban J connectivity index is 1.17. The Morgan fingerprint density at radius 1 is 0.411 bits per heavy atom. The molecule has 0 saturated heterocycles. The van der Waals surface area contributed by atoms with Crippen LogP contribution >= 0.6 is 0 Å². The maximum absolute atomic E-state index is 7.01. The molecule has 3 nitrogen and oxygen atoms in total. The van der Waals surface area contributed by atoms with Gasteiger partial charge in [-0.05, 0) is 99.6 Å². The highest BCUT2D eigenvalue weighted by Gasteiger charge is 2.40. The number of nitrogens with zero attached hydrogens (tertiary/aromatic N) is 2. The van der Waals surface area contributed by atoms with Crippen LogP contribution in [0.2, 0.25) is 0 Å². The SMILES string of the molecule is CC1(C)c2cc(N(c3ccccc3)c3cccc4ccccc34)ccc2-c2c1cc(N(c1ccccc1)c1ccc3ccccc3c1)c1c2oc2ccccc21. The third kappa shape index (κ3) is 4.91. The van der Waals surface area contributed by atoms with Gasteiger partial charge in [0, 0.05) is 44.5 Å². The van der Waals surface area contributed by atoms with Gasteiger partial charge < -0.3 is 14.2 Å². The summed E-state index contributed by atoms with van der Waals surface area (Å²) in [7, 11) is 0. The lowest BCUT2D eigenvalue weighted by atomic mass is 9.81. The van der Waals surface area contributed by atoms with E-state index < -0.39 is 0 Å². The molecule has 1 heterocycles. The second-order valence-corrected chi connectivity index (χ2v) is 15.3. The molecule has 0 fully saturated rings. The number of benzene rings is 9. The van der Waals surface area contributed by atoms with E-state index in [-0.39, 0.29) is 5.41 Å². The number of hydrogen-bond acceptors (Lipinski definition) is 3. The van der Waals surface area contributed by atoms with E-state index in [2.05, 4.69) is 218 Å². The highest BCUT2D eigenvalue weighted by molar-refractivity contribution is 6.19. The van der Waals surface area contributed by atoms with E-state index in [0.29, 0.717) is 0 Å². The molecule has 0 unspecified atom stereocenters. The molecule has 10 aromatic rings. The molecule has 0 N–H and O–H groups in total. The molecule has 1 aliphatic carbocycles. The summed E-state index contributed by atoms with van der Waals surface area (Å²) in [5.41, 5.74) is 13.1. The summed E-state index contributed by atoms with van der Waals surface area (Å²) in [5, 5.41) is 7.08. The molecule has 0 amide bonds. The fourth-order valence-corrected chi connectivity index (χ4v) is 9.10. The molecular weight excluding hydrogens is 681 g/mol. The molecule has 0 atom stereocenters. The topological polar surface area (TPSA) is 19.6 Å². The van der Waals surface area contributed by atoms with Gasteiger partial charge in [-0.3, -0.25) is 0 Å². The average Bonchev–Trinajstić information content (AvgIpc) is 3.74. The van der Waals surface area contributed by atoms with Crippen molar-refractivity contribution in [1.29, 1.82) is 0 Å². The van der Waals surface area contributed by atoms with Gasteiger partial charge in [-0.2, -0.15) is 0 Å². The maximum Gasteiger partial charge on any atom is 0.145 e. The van der Waals surface area contributed by atoms with E-state index in [1.165, 1.54) is 43.8 Å². The Morgan fingerprint density at radius 3 is 1.77 bits per heavy atom. The Morgan fingerprint density at radius 2 is 1.00 bits per heavy atom. The van der Waals surface area contributed by atoms with Gasteiger partial charge in [0.05, 0.1) is 16.8 Å². The van der Waals surface area contributed by atoms with E-state index in [1.54, 1.807) is 0 Å². The molecule has 3 heteroatoms. The zero-order valence-electron chi connectivity index (χ0n) is 31.3. The van der Waals surface area contributed by atoms with Gasteiger partial charge in [-0.25, -0.2) is 0 Å². The summed E-state index contributed by atoms with van der Waals surface area (Å²) in [6.45, 7) is 4.74. The zero-order chi connectivity index (χ0) is 37.4. The lowest BCUT2D eigenvalue weighted by Gasteiger charge is -2.30. The van der Waals surface area contributed by atoms with Crippen molar-refractivity contribution in [3.63, 3.8) is 0 Å². The number of hydrogen-bond donors (Lipinski definition) is 0. The Kier molecular flexibility index (Phi) is 7.20. The average molecular weight is 719 g/mol. The first-order valence-electron chi connectivity index (χ1n) is 19.4. The molecule has 1 aliphatic rings. The van der Waals surface area contributed by atoms with Crippen LogP contribution < -0.4 is 9.80 Å². The fraction of sp³-hybridized carbons (Fsp3) is 0.0566. The van der Waals surface area contributed by atoms with Crippen molar-refractivity contribution < 1.29 is 4.42 Å². The quantitative estimate of drug-likeness (QED) is 0.171. The predicted molar refractivity (Wildman–Crippen MR) is 236 cm³/mol. The molecular formula is C53H38N2O. The molecule has 9 aromatic carbocycles. The van der Waals surface area contributed by atoms with Crippen LogP contribution in [-0.2, 0) is 5.41 Å². The zero-order valence-corrected chi connectivity index (χ0v) is 31.3. The molecule has 56 heavy (non-hydrogen) atoms. The van der Waals surface area contributed by atoms with E-state index >= 15 is 0 Å². The molecule has 0 saturated carbocycles. The van der Waals surface area contributed by atoms with Crippen molar-refractivity contribution in [3.8, 4) is 11.1 Å². The fourth-order valence-electron chi connectivity index (χ4n) is 9.10. The van der Waals surface area contributed by atoms with Crippen LogP contribution in [0, 0.1) is 0 Å². The van der Waals surface area contributed by atoms with Crippen molar-refractivity contribution >= 4 is 77.6 Å². The van der Waals surface area contributed by atoms with Gasteiger partial charge in [0.25, 0.3) is 0 Å². The smallest absolute Gasteiger partial charge is 0.145 e. The first-order chi connectivity index (χ1) is 27.5. The van der Waals surface area contributed by atoms with Crippen molar-refractivity contribution in [2.45, 2.75) is 19.3 Å². The first-order valence-corrected chi connectivity index (χ1v) is 19.4. The van der Waals surface area contributed by atoms with Crippen molar-refractivity contribution in [1.82, 2.24) is 0 Å². The highest BCUT2D eigenvalue weighted by Crippen LogP contribution is 2.57. The van der Waals surface area contributed by atoms with Crippen molar-refractivity contribution in [2.24, 2.45) is 0 Å². The van der Waals surface area contributed by atoms with Gasteiger partial charge in [-0.1, -0.05) is 141 Å². The number of para-hydroxylation sites is 3. The molecule has 11 rings (SSSR count). The van der Waals surface area contributed by atoms with Crippen LogP contribution in [0.4, 0.5) is 34.1 Å². The third-order valence-corrected chi connectivity index (χ3v) is 11.8. The molecule has 266 valence electrons. The third-order valence-electron chi connectivity index (χ3n) is 11.8. The summed E-state index contributed by atoms with van der Waals surface area (Å²) in [5.74, 6) is 0. The Hall–Kier alpha value is -7.10. The molecule has 0 aliphatic heterocycles. The van der Waals surface area contributed by atoms with Crippen LogP contribution in [0.15, 0.2) is 199 Å². The van der Waals surface area contributed by atoms with Crippen LogP contribution in [0.5, 0.6) is 0 Å². The van der Waals surface area contributed by atoms with Crippen LogP contribution in [0.25, 0.3) is 54.6 Å². The Labute approximate surface area is 326 Å². The van der Waals surface area contributed by atoms with Crippen LogP contribution in [0.3, 0.4) is 0 Å². The minimum Gasteiger partial charge on any atom is -0.455 e. The number of furan rings is 1. The largest absolute Gasteiger partial charge is 0.455 e. The van der Waals surface area contributed by atoms with Crippen LogP contribution in [-0.4, -0.2) is 0 Å². The van der Waals surface area contributed by atoms with Gasteiger partial charge in [0.1, 0.15) is 11.2 Å². The predicted octanol–water partition coefficient (Wildman–Crippen LogP) is 15.1. The number of rotatable bonds is 6. The van der Waals surface area contributed by atoms with Gasteiger partial charge in [-0.15, -0.1) is 0 Å². The molecule has 0 spiro atoms. The maximum atomic E-state index is 7.01. The first kappa shape index (κ1) is 32.3. The summed E-state index contributed by atoms with van der Waals surface area (Å²) in [4.78, 5) is 4.82. The van der Waals surface area contributed by atoms with E-state index in [9.17, 15) is 0 Å². The Bertz CT molecular complexity index is 3120. The van der Waals surface area contributed by atoms with Gasteiger partial charge >= 0.3 is 0 Å². The summed E-state index contributed by atoms with van der Waals surface area (Å²) >= 11 is 0. The molecule has 0 bridgehead atoms. The summed E-state index contributed by atoms with van der Waals surface area (Å²) in [6, 6.07) is 70.0. The van der Waals surface area contributed by atoms with E-state index in [0.717, 1.165) is 56.1 Å². The lowest BCUT2D eigenvalue weighted by molar-refractivity contribution is 0.653. The lowest BCUT2D eigenvalue weighted by Crippen LogP contribution is -2.18. The van der Waals surface area contributed by atoms with Crippen molar-refractivity contribution in [3.05, 3.63) is 205 Å². The summed E-state index contributed by atoms with van der Waals surface area (Å²) in [6.07, 6.45) is 0. The molecule has 0 radical (unpaired) electrons. The van der Waals surface area contributed by atoms with Gasteiger partial charge in [0.2, 0.25) is 0 Å². The second-order valence-electron chi connectivity index (χ2n) is 15.3. The minimum absolute atomic E-state index is 0.338. The second kappa shape index (κ2) is 12.5. The highest BCUT2D eigenvalue weighted by atomic mass is 16.3. The minimum atomic E-state index is -0.338. The standard InChI is InChI=1S/C53H38N2O/c1-53(2)45-33-41(54(38-20-5-3-6-21-38)47-26-15-19-36-17-11-12-24-42(36)47)30-31-43(45)50-46(53)34-48(51-44-25-13-14-27-49(44)56-52(50)51)55(39-22-7-4-8-23-39)40-29-28-35-16-9-10-18-37(35)32-40/h3-34H,1-2H3. The van der Waals surface area contributed by atoms with E-state index in [4.69, 9.17) is 4.42 Å². The number of fused-ring (bicyclic) bond motifs is 9. The number of anilines is 6. The van der Waals surface area contributed by atoms with E-state index in [1.807, 2.05) is 0 Å². The normalized spacial score (nSPS) is 13.0. The van der Waals surface area contributed by atoms with Crippen molar-refractivity contribution in [2.75, 3.05) is 9.80 Å². The van der Waals surface area contributed by atoms with Gasteiger partial charge in [0.15, 0.2) is 0 Å². The summed E-state index contributed by atoms with van der Waals surface area (Å²) < 4.78 is 7.01. The monoisotopic (exact) mass is 718 g/mol.